The number of carbonyl (C=O) groups excluding carboxylic acids is 2. The van der Waals surface area contributed by atoms with Crippen LogP contribution in [0.1, 0.15) is 32.1 Å². The van der Waals surface area contributed by atoms with Crippen LogP contribution in [0.4, 0.5) is 0 Å². The summed E-state index contributed by atoms with van der Waals surface area (Å²) in [5.41, 5.74) is 0.0587. The number of aromatic nitrogens is 2. The molecule has 0 N–H and O–H groups in total. The van der Waals surface area contributed by atoms with Gasteiger partial charge in [0.15, 0.2) is 0 Å². The highest BCUT2D eigenvalue weighted by Crippen LogP contribution is 2.39. The molecule has 1 aromatic heterocycles. The van der Waals surface area contributed by atoms with E-state index in [0.29, 0.717) is 24.4 Å². The van der Waals surface area contributed by atoms with Gasteiger partial charge in [-0.2, -0.15) is 5.10 Å². The minimum Gasteiger partial charge on any atom is -0.342 e. The van der Waals surface area contributed by atoms with Crippen molar-refractivity contribution in [2.45, 2.75) is 38.6 Å². The first kappa shape index (κ1) is 20.1. The summed E-state index contributed by atoms with van der Waals surface area (Å²) in [6.45, 7) is 4.53. The fourth-order valence-electron chi connectivity index (χ4n) is 4.21. The van der Waals surface area contributed by atoms with Crippen LogP contribution in [0, 0.1) is 5.41 Å². The zero-order chi connectivity index (χ0) is 19.4. The van der Waals surface area contributed by atoms with Crippen molar-refractivity contribution in [3.8, 4) is 0 Å². The Hall–Kier alpha value is -1.60. The van der Waals surface area contributed by atoms with Crippen LogP contribution in [0.3, 0.4) is 0 Å². The highest BCUT2D eigenvalue weighted by molar-refractivity contribution is 6.30. The standard InChI is InChI=1S/C19H30ClN5O2/c1-22(2)10-11-24-15-19(7-4-17(24)26)6-3-8-23(14-19)18(27)5-9-25-13-16(20)12-21-25/h12-13H,3-11,14-15H2,1-2H3/t19-/m0/s1. The molecule has 2 aliphatic heterocycles. The van der Waals surface area contributed by atoms with Gasteiger partial charge in [-0.1, -0.05) is 11.6 Å². The van der Waals surface area contributed by atoms with Crippen molar-refractivity contribution in [1.82, 2.24) is 24.5 Å². The van der Waals surface area contributed by atoms with Gasteiger partial charge in [0.25, 0.3) is 0 Å². The molecule has 27 heavy (non-hydrogen) atoms. The van der Waals surface area contributed by atoms with E-state index in [1.165, 1.54) is 0 Å². The fraction of sp³-hybridized carbons (Fsp3) is 0.737. The van der Waals surface area contributed by atoms with E-state index in [0.717, 1.165) is 52.0 Å². The molecule has 0 saturated carbocycles. The number of hydrogen-bond donors (Lipinski definition) is 0. The number of rotatable bonds is 6. The summed E-state index contributed by atoms with van der Waals surface area (Å²) in [7, 11) is 4.05. The predicted octanol–water partition coefficient (Wildman–Crippen LogP) is 1.72. The summed E-state index contributed by atoms with van der Waals surface area (Å²) in [5.74, 6) is 0.416. The van der Waals surface area contributed by atoms with E-state index in [9.17, 15) is 9.59 Å². The van der Waals surface area contributed by atoms with Gasteiger partial charge in [-0.15, -0.1) is 0 Å². The van der Waals surface area contributed by atoms with E-state index < -0.39 is 0 Å². The van der Waals surface area contributed by atoms with Crippen LogP contribution in [0.2, 0.25) is 5.02 Å². The molecule has 1 aromatic rings. The molecular formula is C19H30ClN5O2. The Balaban J connectivity index is 1.57. The molecule has 7 nitrogen and oxygen atoms in total. The van der Waals surface area contributed by atoms with Crippen LogP contribution in [0.15, 0.2) is 12.4 Å². The molecule has 1 spiro atoms. The third-order valence-electron chi connectivity index (χ3n) is 5.74. The van der Waals surface area contributed by atoms with Crippen molar-refractivity contribution in [2.24, 2.45) is 5.41 Å². The summed E-state index contributed by atoms with van der Waals surface area (Å²) >= 11 is 5.88. The summed E-state index contributed by atoms with van der Waals surface area (Å²) in [4.78, 5) is 31.1. The number of nitrogens with zero attached hydrogens (tertiary/aromatic N) is 5. The molecule has 8 heteroatoms. The Morgan fingerprint density at radius 3 is 2.81 bits per heavy atom. The van der Waals surface area contributed by atoms with Crippen molar-refractivity contribution < 1.29 is 9.59 Å². The molecule has 1 atom stereocenters. The van der Waals surface area contributed by atoms with E-state index in [1.54, 1.807) is 17.1 Å². The topological polar surface area (TPSA) is 61.7 Å². The minimum absolute atomic E-state index is 0.0587. The molecule has 0 bridgehead atoms. The van der Waals surface area contributed by atoms with Crippen LogP contribution in [0.25, 0.3) is 0 Å². The van der Waals surface area contributed by atoms with Gasteiger partial charge in [0.05, 0.1) is 11.2 Å². The van der Waals surface area contributed by atoms with Gasteiger partial charge >= 0.3 is 0 Å². The van der Waals surface area contributed by atoms with Gasteiger partial charge in [-0.3, -0.25) is 14.3 Å². The molecule has 3 rings (SSSR count). The number of piperidine rings is 2. The van der Waals surface area contributed by atoms with E-state index in [4.69, 9.17) is 11.6 Å². The molecule has 2 fully saturated rings. The Bertz CT molecular complexity index is 677. The lowest BCUT2D eigenvalue weighted by Gasteiger charge is -2.48. The van der Waals surface area contributed by atoms with Gasteiger partial charge in [0.2, 0.25) is 11.8 Å². The summed E-state index contributed by atoms with van der Waals surface area (Å²) in [6.07, 6.45) is 7.35. The Morgan fingerprint density at radius 2 is 2.11 bits per heavy atom. The Kier molecular flexibility index (Phi) is 6.42. The van der Waals surface area contributed by atoms with Crippen LogP contribution >= 0.6 is 11.6 Å². The molecule has 2 saturated heterocycles. The maximum Gasteiger partial charge on any atom is 0.224 e. The lowest BCUT2D eigenvalue weighted by atomic mass is 9.73. The normalized spacial score (nSPS) is 23.5. The SMILES string of the molecule is CN(C)CCN1C[C@@]2(CCCN(C(=O)CCn3cc(Cl)cn3)C2)CCC1=O. The molecule has 0 unspecified atom stereocenters. The van der Waals surface area contributed by atoms with Crippen molar-refractivity contribution in [3.63, 3.8) is 0 Å². The number of likely N-dealkylation sites (N-methyl/N-ethyl adjacent to an activating group) is 1. The van der Waals surface area contributed by atoms with Gasteiger partial charge < -0.3 is 14.7 Å². The van der Waals surface area contributed by atoms with Crippen LogP contribution in [-0.2, 0) is 16.1 Å². The van der Waals surface area contributed by atoms with E-state index >= 15 is 0 Å². The van der Waals surface area contributed by atoms with Crippen LogP contribution in [0.5, 0.6) is 0 Å². The fourth-order valence-corrected chi connectivity index (χ4v) is 4.37. The molecule has 0 aliphatic carbocycles. The number of amides is 2. The Labute approximate surface area is 166 Å². The van der Waals surface area contributed by atoms with Gasteiger partial charge in [-0.05, 0) is 33.4 Å². The first-order valence-electron chi connectivity index (χ1n) is 9.75. The zero-order valence-corrected chi connectivity index (χ0v) is 17.1. The average Bonchev–Trinajstić information content (AvgIpc) is 3.06. The highest BCUT2D eigenvalue weighted by Gasteiger charge is 2.42. The van der Waals surface area contributed by atoms with Crippen molar-refractivity contribution in [3.05, 3.63) is 17.4 Å². The summed E-state index contributed by atoms with van der Waals surface area (Å²) in [6, 6.07) is 0. The molecular weight excluding hydrogens is 366 g/mol. The quantitative estimate of drug-likeness (QED) is 0.735. The van der Waals surface area contributed by atoms with Crippen LogP contribution < -0.4 is 0 Å². The average molecular weight is 396 g/mol. The third kappa shape index (κ3) is 5.23. The van der Waals surface area contributed by atoms with E-state index in [-0.39, 0.29) is 17.2 Å². The van der Waals surface area contributed by atoms with E-state index in [2.05, 4.69) is 10.00 Å². The van der Waals surface area contributed by atoms with Gasteiger partial charge in [0, 0.05) is 63.7 Å². The Morgan fingerprint density at radius 1 is 1.30 bits per heavy atom. The van der Waals surface area contributed by atoms with Crippen molar-refractivity contribution >= 4 is 23.4 Å². The van der Waals surface area contributed by atoms with E-state index in [1.807, 2.05) is 23.9 Å². The van der Waals surface area contributed by atoms with Crippen molar-refractivity contribution in [2.75, 3.05) is 46.8 Å². The number of carbonyl (C=O) groups is 2. The largest absolute Gasteiger partial charge is 0.342 e. The second kappa shape index (κ2) is 8.61. The minimum atomic E-state index is 0.0587. The molecule has 2 amide bonds. The first-order chi connectivity index (χ1) is 12.9. The number of hydrogen-bond acceptors (Lipinski definition) is 4. The lowest BCUT2D eigenvalue weighted by Crippen LogP contribution is -2.55. The van der Waals surface area contributed by atoms with Crippen molar-refractivity contribution in [1.29, 1.82) is 0 Å². The summed E-state index contributed by atoms with van der Waals surface area (Å²) in [5, 5.41) is 4.72. The van der Waals surface area contributed by atoms with Gasteiger partial charge in [-0.25, -0.2) is 0 Å². The number of likely N-dealkylation sites (tertiary alicyclic amines) is 2. The third-order valence-corrected chi connectivity index (χ3v) is 5.93. The first-order valence-corrected chi connectivity index (χ1v) is 10.1. The second-order valence-corrected chi connectivity index (χ2v) is 8.65. The maximum atomic E-state index is 12.7. The second-order valence-electron chi connectivity index (χ2n) is 8.21. The smallest absolute Gasteiger partial charge is 0.224 e. The maximum absolute atomic E-state index is 12.7. The van der Waals surface area contributed by atoms with Gasteiger partial charge in [0.1, 0.15) is 0 Å². The molecule has 2 aliphatic rings. The number of aryl methyl sites for hydroxylation is 1. The molecule has 0 radical (unpaired) electrons. The molecule has 3 heterocycles. The molecule has 150 valence electrons. The number of halogens is 1. The van der Waals surface area contributed by atoms with Crippen LogP contribution in [-0.4, -0.2) is 83.1 Å². The lowest BCUT2D eigenvalue weighted by molar-refractivity contribution is -0.143. The monoisotopic (exact) mass is 395 g/mol. The highest BCUT2D eigenvalue weighted by atomic mass is 35.5. The zero-order valence-electron chi connectivity index (χ0n) is 16.4. The molecule has 0 aromatic carbocycles. The predicted molar refractivity (Wildman–Crippen MR) is 104 cm³/mol. The summed E-state index contributed by atoms with van der Waals surface area (Å²) < 4.78 is 1.71.